The van der Waals surface area contributed by atoms with Crippen LogP contribution in [0.25, 0.3) is 0 Å². The summed E-state index contributed by atoms with van der Waals surface area (Å²) in [6.45, 7) is 3.31. The molecule has 1 aromatic carbocycles. The van der Waals surface area contributed by atoms with Gasteiger partial charge in [0.2, 0.25) is 5.91 Å². The van der Waals surface area contributed by atoms with Crippen molar-refractivity contribution in [2.75, 3.05) is 19.7 Å². The maximum Gasteiger partial charge on any atom is 0.223 e. The zero-order chi connectivity index (χ0) is 17.1. The molecular formula is C17H21FN4O2. The second-order valence-electron chi connectivity index (χ2n) is 6.13. The number of benzene rings is 1. The Morgan fingerprint density at radius 1 is 1.46 bits per heavy atom. The van der Waals surface area contributed by atoms with Crippen molar-refractivity contribution >= 4 is 5.91 Å². The van der Waals surface area contributed by atoms with Gasteiger partial charge in [-0.1, -0.05) is 25.1 Å². The lowest BCUT2D eigenvalue weighted by molar-refractivity contribution is -0.139. The lowest BCUT2D eigenvalue weighted by Gasteiger charge is -2.33. The summed E-state index contributed by atoms with van der Waals surface area (Å²) in [5.41, 5.74) is 0.573. The van der Waals surface area contributed by atoms with E-state index in [0.29, 0.717) is 31.1 Å². The second kappa shape index (κ2) is 7.09. The van der Waals surface area contributed by atoms with Gasteiger partial charge in [-0.3, -0.25) is 4.79 Å². The molecule has 3 rings (SSSR count). The van der Waals surface area contributed by atoms with Gasteiger partial charge in [0.15, 0.2) is 5.82 Å². The van der Waals surface area contributed by atoms with Gasteiger partial charge >= 0.3 is 0 Å². The first-order valence-corrected chi connectivity index (χ1v) is 8.04. The smallest absolute Gasteiger partial charge is 0.223 e. The summed E-state index contributed by atoms with van der Waals surface area (Å²) in [5, 5.41) is 7.91. The second-order valence-corrected chi connectivity index (χ2v) is 6.13. The van der Waals surface area contributed by atoms with E-state index in [2.05, 4.69) is 10.2 Å². The fraction of sp³-hybridized carbons (Fsp3) is 0.471. The molecule has 1 aliphatic heterocycles. The molecule has 1 saturated heterocycles. The van der Waals surface area contributed by atoms with Crippen molar-refractivity contribution in [2.45, 2.75) is 25.4 Å². The van der Waals surface area contributed by atoms with Crippen LogP contribution in [0.1, 0.15) is 36.8 Å². The van der Waals surface area contributed by atoms with Crippen molar-refractivity contribution in [1.29, 1.82) is 0 Å². The number of hydrogen-bond acceptors (Lipinski definition) is 4. The van der Waals surface area contributed by atoms with Crippen LogP contribution in [0.2, 0.25) is 0 Å². The number of halogens is 1. The van der Waals surface area contributed by atoms with Gasteiger partial charge in [0.05, 0.1) is 13.2 Å². The summed E-state index contributed by atoms with van der Waals surface area (Å²) >= 11 is 0. The molecule has 1 aliphatic rings. The molecule has 1 aromatic heterocycles. The Morgan fingerprint density at radius 3 is 2.96 bits per heavy atom. The van der Waals surface area contributed by atoms with Crippen LogP contribution in [-0.4, -0.2) is 45.3 Å². The molecule has 0 spiro atoms. The topological polar surface area (TPSA) is 60.3 Å². The first-order chi connectivity index (χ1) is 11.6. The van der Waals surface area contributed by atoms with Crippen LogP contribution in [0, 0.1) is 5.82 Å². The summed E-state index contributed by atoms with van der Waals surface area (Å²) in [5.74, 6) is 0.266. The Labute approximate surface area is 140 Å². The number of ether oxygens (including phenoxy) is 1. The van der Waals surface area contributed by atoms with Gasteiger partial charge in [-0.15, -0.1) is 10.2 Å². The van der Waals surface area contributed by atoms with Crippen LogP contribution in [0.15, 0.2) is 30.6 Å². The highest BCUT2D eigenvalue weighted by atomic mass is 19.1. The average molecular weight is 332 g/mol. The Balaban J connectivity index is 1.64. The first kappa shape index (κ1) is 16.6. The monoisotopic (exact) mass is 332 g/mol. The molecule has 128 valence electrons. The highest BCUT2D eigenvalue weighted by molar-refractivity contribution is 5.77. The van der Waals surface area contributed by atoms with Crippen LogP contribution in [0.4, 0.5) is 4.39 Å². The van der Waals surface area contributed by atoms with Crippen molar-refractivity contribution in [3.63, 3.8) is 0 Å². The van der Waals surface area contributed by atoms with E-state index in [0.717, 1.165) is 0 Å². The van der Waals surface area contributed by atoms with Gasteiger partial charge < -0.3 is 14.2 Å². The zero-order valence-electron chi connectivity index (χ0n) is 13.9. The van der Waals surface area contributed by atoms with Gasteiger partial charge in [0, 0.05) is 20.0 Å². The quantitative estimate of drug-likeness (QED) is 0.860. The first-order valence-electron chi connectivity index (χ1n) is 8.04. The third-order valence-corrected chi connectivity index (χ3v) is 4.37. The largest absolute Gasteiger partial charge is 0.366 e. The fourth-order valence-corrected chi connectivity index (χ4v) is 2.99. The minimum Gasteiger partial charge on any atom is -0.366 e. The highest BCUT2D eigenvalue weighted by Gasteiger charge is 2.29. The van der Waals surface area contributed by atoms with Crippen LogP contribution >= 0.6 is 0 Å². The Kier molecular flexibility index (Phi) is 4.89. The Bertz CT molecular complexity index is 718. The van der Waals surface area contributed by atoms with E-state index >= 15 is 0 Å². The van der Waals surface area contributed by atoms with Gasteiger partial charge in [-0.25, -0.2) is 4.39 Å². The maximum absolute atomic E-state index is 13.9. The summed E-state index contributed by atoms with van der Waals surface area (Å²) in [6, 6.07) is 6.60. The van der Waals surface area contributed by atoms with E-state index < -0.39 is 0 Å². The number of morpholine rings is 1. The minimum absolute atomic E-state index is 0.00113. The molecule has 0 bridgehead atoms. The van der Waals surface area contributed by atoms with Gasteiger partial charge in [-0.2, -0.15) is 0 Å². The summed E-state index contributed by atoms with van der Waals surface area (Å²) in [6.07, 6.45) is 1.60. The van der Waals surface area contributed by atoms with Crippen LogP contribution < -0.4 is 0 Å². The van der Waals surface area contributed by atoms with Crippen molar-refractivity contribution in [3.05, 3.63) is 47.8 Å². The summed E-state index contributed by atoms with van der Waals surface area (Å²) < 4.78 is 21.4. The van der Waals surface area contributed by atoms with Crippen molar-refractivity contribution in [2.24, 2.45) is 7.05 Å². The Morgan fingerprint density at radius 2 is 2.25 bits per heavy atom. The Hall–Kier alpha value is -2.28. The highest BCUT2D eigenvalue weighted by Crippen LogP contribution is 2.25. The van der Waals surface area contributed by atoms with E-state index in [1.165, 1.54) is 6.07 Å². The fourth-order valence-electron chi connectivity index (χ4n) is 2.99. The van der Waals surface area contributed by atoms with E-state index in [4.69, 9.17) is 4.74 Å². The molecule has 1 amide bonds. The summed E-state index contributed by atoms with van der Waals surface area (Å²) in [7, 11) is 1.85. The number of aromatic nitrogens is 3. The number of aryl methyl sites for hydroxylation is 1. The molecule has 0 N–H and O–H groups in total. The molecule has 1 fully saturated rings. The number of amides is 1. The van der Waals surface area contributed by atoms with E-state index in [-0.39, 0.29) is 30.2 Å². The van der Waals surface area contributed by atoms with Crippen molar-refractivity contribution in [3.8, 4) is 0 Å². The molecule has 6 nitrogen and oxygen atoms in total. The average Bonchev–Trinajstić information content (AvgIpc) is 3.01. The number of hydrogen-bond donors (Lipinski definition) is 0. The van der Waals surface area contributed by atoms with Crippen LogP contribution in [0.3, 0.4) is 0 Å². The van der Waals surface area contributed by atoms with E-state index in [9.17, 15) is 9.18 Å². The number of carbonyl (C=O) groups excluding carboxylic acids is 1. The third-order valence-electron chi connectivity index (χ3n) is 4.37. The van der Waals surface area contributed by atoms with Crippen molar-refractivity contribution in [1.82, 2.24) is 19.7 Å². The van der Waals surface area contributed by atoms with Crippen LogP contribution in [-0.2, 0) is 16.6 Å². The number of nitrogens with zero attached hydrogens (tertiary/aromatic N) is 4. The molecule has 2 aromatic rings. The molecular weight excluding hydrogens is 311 g/mol. The van der Waals surface area contributed by atoms with Gasteiger partial charge in [0.25, 0.3) is 0 Å². The molecule has 24 heavy (non-hydrogen) atoms. The molecule has 7 heteroatoms. The zero-order valence-corrected chi connectivity index (χ0v) is 13.9. The van der Waals surface area contributed by atoms with Gasteiger partial charge in [0.1, 0.15) is 18.2 Å². The molecule has 2 atom stereocenters. The normalized spacial score (nSPS) is 19.3. The SMILES string of the molecule is C[C@H](CC(=O)N1CCO[C@@H](c2nncn2C)C1)c1ccccc1F. The maximum atomic E-state index is 13.9. The van der Waals surface area contributed by atoms with Crippen molar-refractivity contribution < 1.29 is 13.9 Å². The van der Waals surface area contributed by atoms with Gasteiger partial charge in [-0.05, 0) is 17.5 Å². The lowest BCUT2D eigenvalue weighted by atomic mass is 9.96. The minimum atomic E-state index is -0.279. The number of carbonyl (C=O) groups is 1. The molecule has 0 saturated carbocycles. The molecule has 0 radical (unpaired) electrons. The third kappa shape index (κ3) is 3.46. The molecule has 2 heterocycles. The lowest BCUT2D eigenvalue weighted by Crippen LogP contribution is -2.43. The van der Waals surface area contributed by atoms with Crippen LogP contribution in [0.5, 0.6) is 0 Å². The van der Waals surface area contributed by atoms with E-state index in [1.54, 1.807) is 34.0 Å². The van der Waals surface area contributed by atoms with E-state index in [1.807, 2.05) is 14.0 Å². The molecule has 0 unspecified atom stereocenters. The predicted octanol–water partition coefficient (Wildman–Crippen LogP) is 2.05. The summed E-state index contributed by atoms with van der Waals surface area (Å²) in [4.78, 5) is 14.4. The predicted molar refractivity (Wildman–Crippen MR) is 85.7 cm³/mol. The molecule has 0 aliphatic carbocycles. The standard InChI is InChI=1S/C17H21FN4O2/c1-12(13-5-3-4-6-14(13)18)9-16(23)22-7-8-24-15(10-22)17-20-19-11-21(17)2/h3-6,11-12,15H,7-10H2,1-2H3/t12-,15-/m1/s1. The number of rotatable bonds is 4.